The standard InChI is InChI=1S/C21H29FO2/c1-11(2)18-17(24)10-21(3)9-16(22)19-14-7-5-13(23)8-12(14)4-6-15(19)20(18)21/h5,7-8,11,15-20,23-24H,4,6,9-10H2,1-3H3/t15-,16+,17+,18-,19-,20-,21-/m1/s1. The molecule has 0 saturated heterocycles. The predicted molar refractivity (Wildman–Crippen MR) is 92.7 cm³/mol. The number of benzene rings is 1. The lowest BCUT2D eigenvalue weighted by Gasteiger charge is -2.52. The highest BCUT2D eigenvalue weighted by molar-refractivity contribution is 5.41. The molecule has 0 bridgehead atoms. The summed E-state index contributed by atoms with van der Waals surface area (Å²) in [6.07, 6.45) is 2.03. The first-order valence-corrected chi connectivity index (χ1v) is 9.46. The number of aliphatic hydroxyl groups is 1. The second-order valence-corrected chi connectivity index (χ2v) is 9.10. The maximum atomic E-state index is 15.3. The second-order valence-electron chi connectivity index (χ2n) is 9.10. The first-order chi connectivity index (χ1) is 11.3. The molecule has 0 aliphatic heterocycles. The van der Waals surface area contributed by atoms with Gasteiger partial charge in [-0.2, -0.15) is 0 Å². The molecule has 2 nitrogen and oxygen atoms in total. The van der Waals surface area contributed by atoms with Gasteiger partial charge in [0.1, 0.15) is 11.9 Å². The minimum Gasteiger partial charge on any atom is -0.508 e. The molecule has 3 heteroatoms. The quantitative estimate of drug-likeness (QED) is 0.798. The van der Waals surface area contributed by atoms with Crippen molar-refractivity contribution in [2.75, 3.05) is 0 Å². The normalized spacial score (nSPS) is 44.1. The zero-order valence-electron chi connectivity index (χ0n) is 14.9. The van der Waals surface area contributed by atoms with Crippen LogP contribution in [0.3, 0.4) is 0 Å². The molecule has 4 rings (SSSR count). The Bertz CT molecular complexity index is 643. The Morgan fingerprint density at radius 3 is 2.71 bits per heavy atom. The van der Waals surface area contributed by atoms with Crippen molar-refractivity contribution in [3.63, 3.8) is 0 Å². The number of hydrogen-bond donors (Lipinski definition) is 2. The molecule has 132 valence electrons. The van der Waals surface area contributed by atoms with Crippen LogP contribution in [0.25, 0.3) is 0 Å². The van der Waals surface area contributed by atoms with Crippen molar-refractivity contribution in [3.05, 3.63) is 29.3 Å². The monoisotopic (exact) mass is 332 g/mol. The van der Waals surface area contributed by atoms with Crippen molar-refractivity contribution in [1.82, 2.24) is 0 Å². The van der Waals surface area contributed by atoms with E-state index in [1.165, 1.54) is 0 Å². The Balaban J connectivity index is 1.78. The Labute approximate surface area is 144 Å². The van der Waals surface area contributed by atoms with Crippen LogP contribution in [-0.4, -0.2) is 22.5 Å². The highest BCUT2D eigenvalue weighted by Crippen LogP contribution is 2.64. The fourth-order valence-corrected chi connectivity index (χ4v) is 6.64. The summed E-state index contributed by atoms with van der Waals surface area (Å²) in [7, 11) is 0. The molecule has 1 aromatic carbocycles. The minimum absolute atomic E-state index is 0.0704. The van der Waals surface area contributed by atoms with E-state index < -0.39 is 6.17 Å². The van der Waals surface area contributed by atoms with Crippen molar-refractivity contribution in [2.24, 2.45) is 29.1 Å². The van der Waals surface area contributed by atoms with Gasteiger partial charge in [-0.25, -0.2) is 4.39 Å². The third-order valence-corrected chi connectivity index (χ3v) is 7.32. The average Bonchev–Trinajstić information content (AvgIpc) is 2.76. The second kappa shape index (κ2) is 5.45. The van der Waals surface area contributed by atoms with E-state index >= 15 is 4.39 Å². The number of aromatic hydroxyl groups is 1. The lowest BCUT2D eigenvalue weighted by Crippen LogP contribution is -2.48. The first-order valence-electron chi connectivity index (χ1n) is 9.46. The zero-order valence-corrected chi connectivity index (χ0v) is 14.9. The topological polar surface area (TPSA) is 40.5 Å². The van der Waals surface area contributed by atoms with Gasteiger partial charge in [0.2, 0.25) is 0 Å². The summed E-state index contributed by atoms with van der Waals surface area (Å²) in [5.74, 6) is 1.60. The number of rotatable bonds is 1. The molecule has 3 aliphatic rings. The molecule has 2 fully saturated rings. The molecular formula is C21H29FO2. The summed E-state index contributed by atoms with van der Waals surface area (Å²) in [6, 6.07) is 5.45. The van der Waals surface area contributed by atoms with Gasteiger partial charge in [-0.3, -0.25) is 0 Å². The molecule has 24 heavy (non-hydrogen) atoms. The van der Waals surface area contributed by atoms with Crippen LogP contribution in [0.4, 0.5) is 4.39 Å². The van der Waals surface area contributed by atoms with Gasteiger partial charge in [0.25, 0.3) is 0 Å². The summed E-state index contributed by atoms with van der Waals surface area (Å²) in [5.41, 5.74) is 2.13. The van der Waals surface area contributed by atoms with Gasteiger partial charge in [0.15, 0.2) is 0 Å². The summed E-state index contributed by atoms with van der Waals surface area (Å²) < 4.78 is 15.3. The number of phenols is 1. The molecule has 1 aromatic rings. The van der Waals surface area contributed by atoms with Crippen LogP contribution in [0.5, 0.6) is 5.75 Å². The van der Waals surface area contributed by atoms with Crippen LogP contribution < -0.4 is 0 Å². The third kappa shape index (κ3) is 2.23. The van der Waals surface area contributed by atoms with Crippen molar-refractivity contribution in [2.45, 2.75) is 64.6 Å². The summed E-state index contributed by atoms with van der Waals surface area (Å²) in [6.45, 7) is 6.61. The fraction of sp³-hybridized carbons (Fsp3) is 0.714. The minimum atomic E-state index is -0.849. The van der Waals surface area contributed by atoms with E-state index in [1.54, 1.807) is 6.07 Å². The van der Waals surface area contributed by atoms with E-state index in [0.717, 1.165) is 30.4 Å². The highest BCUT2D eigenvalue weighted by Gasteiger charge is 2.60. The number of hydrogen-bond acceptors (Lipinski definition) is 2. The van der Waals surface area contributed by atoms with Crippen LogP contribution in [0.15, 0.2) is 18.2 Å². The lowest BCUT2D eigenvalue weighted by atomic mass is 9.53. The number of phenolic OH excluding ortho intramolecular Hbond substituents is 1. The molecule has 2 N–H and O–H groups in total. The first kappa shape index (κ1) is 16.4. The van der Waals surface area contributed by atoms with Gasteiger partial charge in [-0.05, 0) is 78.0 Å². The summed E-state index contributed by atoms with van der Waals surface area (Å²) in [5, 5.41) is 20.5. The van der Waals surface area contributed by atoms with E-state index in [1.807, 2.05) is 12.1 Å². The molecule has 2 saturated carbocycles. The smallest absolute Gasteiger partial charge is 0.115 e. The average molecular weight is 332 g/mol. The molecule has 0 heterocycles. The number of aryl methyl sites for hydroxylation is 1. The molecule has 0 amide bonds. The molecule has 0 radical (unpaired) electrons. The SMILES string of the molecule is CC(C)[C@H]1[C@H]2[C@@H]3CCc4cc(O)ccc4[C@H]3[C@@H](F)C[C@]2(C)C[C@@H]1O. The van der Waals surface area contributed by atoms with Gasteiger partial charge in [-0.15, -0.1) is 0 Å². The molecule has 7 atom stereocenters. The zero-order chi connectivity index (χ0) is 17.2. The van der Waals surface area contributed by atoms with E-state index in [4.69, 9.17) is 0 Å². The van der Waals surface area contributed by atoms with E-state index in [9.17, 15) is 10.2 Å². The largest absolute Gasteiger partial charge is 0.508 e. The Morgan fingerprint density at radius 1 is 1.25 bits per heavy atom. The number of aliphatic hydroxyl groups excluding tert-OH is 1. The predicted octanol–water partition coefficient (Wildman–Crippen LogP) is 4.44. The van der Waals surface area contributed by atoms with Crippen molar-refractivity contribution < 1.29 is 14.6 Å². The number of fused-ring (bicyclic) bond motifs is 5. The molecular weight excluding hydrogens is 303 g/mol. The Morgan fingerprint density at radius 2 is 2.00 bits per heavy atom. The fourth-order valence-electron chi connectivity index (χ4n) is 6.64. The van der Waals surface area contributed by atoms with Gasteiger partial charge in [0.05, 0.1) is 6.10 Å². The van der Waals surface area contributed by atoms with Crippen LogP contribution in [0.1, 0.15) is 57.1 Å². The van der Waals surface area contributed by atoms with Gasteiger partial charge in [0, 0.05) is 5.92 Å². The molecule has 0 spiro atoms. The molecule has 0 aromatic heterocycles. The van der Waals surface area contributed by atoms with E-state index in [2.05, 4.69) is 20.8 Å². The van der Waals surface area contributed by atoms with E-state index in [-0.39, 0.29) is 29.1 Å². The lowest BCUT2D eigenvalue weighted by molar-refractivity contribution is -0.0275. The molecule has 3 aliphatic carbocycles. The van der Waals surface area contributed by atoms with Crippen LogP contribution in [-0.2, 0) is 6.42 Å². The van der Waals surface area contributed by atoms with Crippen molar-refractivity contribution in [1.29, 1.82) is 0 Å². The van der Waals surface area contributed by atoms with Crippen LogP contribution >= 0.6 is 0 Å². The maximum absolute atomic E-state index is 15.3. The molecule has 0 unspecified atom stereocenters. The maximum Gasteiger partial charge on any atom is 0.115 e. The summed E-state index contributed by atoms with van der Waals surface area (Å²) in [4.78, 5) is 0. The van der Waals surface area contributed by atoms with Crippen LogP contribution in [0, 0.1) is 29.1 Å². The van der Waals surface area contributed by atoms with Crippen LogP contribution in [0.2, 0.25) is 0 Å². The van der Waals surface area contributed by atoms with Gasteiger partial charge in [-0.1, -0.05) is 26.8 Å². The number of halogens is 1. The summed E-state index contributed by atoms with van der Waals surface area (Å²) >= 11 is 0. The third-order valence-electron chi connectivity index (χ3n) is 7.32. The number of alkyl halides is 1. The Kier molecular flexibility index (Phi) is 3.72. The highest BCUT2D eigenvalue weighted by atomic mass is 19.1. The van der Waals surface area contributed by atoms with Crippen molar-refractivity contribution in [3.8, 4) is 5.75 Å². The van der Waals surface area contributed by atoms with E-state index in [0.29, 0.717) is 24.2 Å². The van der Waals surface area contributed by atoms with Gasteiger partial charge < -0.3 is 10.2 Å². The van der Waals surface area contributed by atoms with Crippen molar-refractivity contribution >= 4 is 0 Å². The Hall–Kier alpha value is -1.09. The van der Waals surface area contributed by atoms with Gasteiger partial charge >= 0.3 is 0 Å².